The maximum Gasteiger partial charge on any atom is 0.410 e. The summed E-state index contributed by atoms with van der Waals surface area (Å²) in [5, 5.41) is 0. The summed E-state index contributed by atoms with van der Waals surface area (Å²) in [5.74, 6) is 0.309. The molecule has 6 heteroatoms. The van der Waals surface area contributed by atoms with Gasteiger partial charge in [-0.3, -0.25) is 0 Å². The van der Waals surface area contributed by atoms with Crippen LogP contribution >= 0.6 is 0 Å². The molecule has 1 heterocycles. The van der Waals surface area contributed by atoms with Crippen LogP contribution in [0.2, 0.25) is 0 Å². The van der Waals surface area contributed by atoms with Gasteiger partial charge in [-0.05, 0) is 51.8 Å². The van der Waals surface area contributed by atoms with Crippen LogP contribution < -0.4 is 4.74 Å². The summed E-state index contributed by atoms with van der Waals surface area (Å²) in [6.45, 7) is 10.4. The fourth-order valence-electron chi connectivity index (χ4n) is 2.70. The van der Waals surface area contributed by atoms with Gasteiger partial charge >= 0.3 is 12.1 Å². The van der Waals surface area contributed by atoms with Gasteiger partial charge in [-0.25, -0.2) is 9.59 Å². The lowest BCUT2D eigenvalue weighted by Gasteiger charge is -2.33. The number of likely N-dealkylation sites (tertiary alicyclic amines) is 1. The summed E-state index contributed by atoms with van der Waals surface area (Å²) in [6, 6.07) is 5.86. The predicted molar refractivity (Wildman–Crippen MR) is 98.3 cm³/mol. The van der Waals surface area contributed by atoms with E-state index in [9.17, 15) is 9.59 Å². The Morgan fingerprint density at radius 3 is 2.42 bits per heavy atom. The number of amides is 1. The number of piperidine rings is 1. The van der Waals surface area contributed by atoms with E-state index in [-0.39, 0.29) is 24.8 Å². The van der Waals surface area contributed by atoms with Crippen LogP contribution in [-0.2, 0) is 14.3 Å². The maximum atomic E-state index is 12.0. The SMILES string of the molecule is Cc1ccc(C)c(OCC(=O)OC2CCN(C(=O)OC(C)(C)C)CC2)c1. The smallest absolute Gasteiger partial charge is 0.410 e. The molecule has 1 aromatic rings. The van der Waals surface area contributed by atoms with Crippen molar-refractivity contribution in [2.45, 2.75) is 59.2 Å². The summed E-state index contributed by atoms with van der Waals surface area (Å²) in [7, 11) is 0. The molecule has 1 aromatic carbocycles. The normalized spacial score (nSPS) is 15.5. The first-order valence-electron chi connectivity index (χ1n) is 9.01. The predicted octanol–water partition coefficient (Wildman–Crippen LogP) is 3.62. The third-order valence-corrected chi connectivity index (χ3v) is 4.08. The summed E-state index contributed by atoms with van der Waals surface area (Å²) in [4.78, 5) is 25.7. The van der Waals surface area contributed by atoms with Crippen molar-refractivity contribution >= 4 is 12.1 Å². The number of ether oxygens (including phenoxy) is 3. The molecule has 1 aliphatic heterocycles. The molecule has 0 N–H and O–H groups in total. The van der Waals surface area contributed by atoms with Gasteiger partial charge in [0, 0.05) is 25.9 Å². The van der Waals surface area contributed by atoms with Gasteiger partial charge in [0.2, 0.25) is 0 Å². The molecule has 0 aliphatic carbocycles. The molecule has 6 nitrogen and oxygen atoms in total. The van der Waals surface area contributed by atoms with Gasteiger partial charge in [0.05, 0.1) is 0 Å². The van der Waals surface area contributed by atoms with Crippen molar-refractivity contribution in [2.75, 3.05) is 19.7 Å². The van der Waals surface area contributed by atoms with Crippen molar-refractivity contribution in [2.24, 2.45) is 0 Å². The Labute approximate surface area is 155 Å². The van der Waals surface area contributed by atoms with Crippen molar-refractivity contribution in [3.63, 3.8) is 0 Å². The van der Waals surface area contributed by atoms with Crippen molar-refractivity contribution in [1.29, 1.82) is 0 Å². The zero-order valence-electron chi connectivity index (χ0n) is 16.3. The van der Waals surface area contributed by atoms with Gasteiger partial charge in [-0.15, -0.1) is 0 Å². The lowest BCUT2D eigenvalue weighted by atomic mass is 10.1. The fraction of sp³-hybridized carbons (Fsp3) is 0.600. The summed E-state index contributed by atoms with van der Waals surface area (Å²) in [5.41, 5.74) is 1.55. The number of esters is 1. The van der Waals surface area contributed by atoms with E-state index < -0.39 is 5.60 Å². The fourth-order valence-corrected chi connectivity index (χ4v) is 2.70. The average molecular weight is 363 g/mol. The van der Waals surface area contributed by atoms with Crippen LogP contribution in [0.4, 0.5) is 4.79 Å². The van der Waals surface area contributed by atoms with E-state index in [0.29, 0.717) is 31.7 Å². The van der Waals surface area contributed by atoms with Gasteiger partial charge in [0.25, 0.3) is 0 Å². The third-order valence-electron chi connectivity index (χ3n) is 4.08. The van der Waals surface area contributed by atoms with E-state index in [2.05, 4.69) is 0 Å². The van der Waals surface area contributed by atoms with E-state index in [4.69, 9.17) is 14.2 Å². The molecule has 0 radical (unpaired) electrons. The van der Waals surface area contributed by atoms with Gasteiger partial charge in [0.1, 0.15) is 17.5 Å². The zero-order valence-corrected chi connectivity index (χ0v) is 16.3. The molecule has 2 rings (SSSR count). The Bertz CT molecular complexity index is 642. The van der Waals surface area contributed by atoms with Crippen LogP contribution in [0, 0.1) is 13.8 Å². The molecule has 1 aliphatic rings. The van der Waals surface area contributed by atoms with Gasteiger partial charge in [0.15, 0.2) is 6.61 Å². The van der Waals surface area contributed by atoms with E-state index in [0.717, 1.165) is 11.1 Å². The summed E-state index contributed by atoms with van der Waals surface area (Å²) < 4.78 is 16.4. The van der Waals surface area contributed by atoms with E-state index in [1.165, 1.54) is 0 Å². The van der Waals surface area contributed by atoms with Crippen molar-refractivity contribution in [1.82, 2.24) is 4.90 Å². The van der Waals surface area contributed by atoms with E-state index in [1.807, 2.05) is 52.8 Å². The highest BCUT2D eigenvalue weighted by Gasteiger charge is 2.28. The van der Waals surface area contributed by atoms with Crippen LogP contribution in [0.15, 0.2) is 18.2 Å². The second kappa shape index (κ2) is 8.43. The van der Waals surface area contributed by atoms with Gasteiger partial charge in [-0.2, -0.15) is 0 Å². The van der Waals surface area contributed by atoms with Crippen molar-refractivity contribution in [3.8, 4) is 5.75 Å². The summed E-state index contributed by atoms with van der Waals surface area (Å²) in [6.07, 6.45) is 0.701. The molecule has 0 saturated carbocycles. The number of carbonyl (C=O) groups excluding carboxylic acids is 2. The van der Waals surface area contributed by atoms with Gasteiger partial charge < -0.3 is 19.1 Å². The first kappa shape index (κ1) is 20.1. The Kier molecular flexibility index (Phi) is 6.51. The Balaban J connectivity index is 1.74. The van der Waals surface area contributed by atoms with Crippen LogP contribution in [0.1, 0.15) is 44.7 Å². The topological polar surface area (TPSA) is 65.1 Å². The number of carbonyl (C=O) groups is 2. The molecular formula is C20H29NO5. The highest BCUT2D eigenvalue weighted by Crippen LogP contribution is 2.20. The second-order valence-electron chi connectivity index (χ2n) is 7.71. The molecule has 0 spiro atoms. The van der Waals surface area contributed by atoms with E-state index in [1.54, 1.807) is 4.90 Å². The number of nitrogens with zero attached hydrogens (tertiary/aromatic N) is 1. The molecule has 0 aromatic heterocycles. The monoisotopic (exact) mass is 363 g/mol. The molecule has 26 heavy (non-hydrogen) atoms. The molecule has 0 atom stereocenters. The van der Waals surface area contributed by atoms with E-state index >= 15 is 0 Å². The van der Waals surface area contributed by atoms with Crippen LogP contribution in [-0.4, -0.2) is 48.4 Å². The first-order chi connectivity index (χ1) is 12.1. The second-order valence-corrected chi connectivity index (χ2v) is 7.71. The Morgan fingerprint density at radius 1 is 1.15 bits per heavy atom. The molecule has 144 valence electrons. The quantitative estimate of drug-likeness (QED) is 0.765. The minimum Gasteiger partial charge on any atom is -0.482 e. The number of aryl methyl sites for hydroxylation is 2. The molecule has 0 unspecified atom stereocenters. The minimum absolute atomic E-state index is 0.115. The highest BCUT2D eigenvalue weighted by molar-refractivity contribution is 5.71. The lowest BCUT2D eigenvalue weighted by molar-refractivity contribution is -0.153. The molecule has 1 saturated heterocycles. The maximum absolute atomic E-state index is 12.0. The van der Waals surface area contributed by atoms with Crippen molar-refractivity contribution < 1.29 is 23.8 Å². The summed E-state index contributed by atoms with van der Waals surface area (Å²) >= 11 is 0. The number of hydrogen-bond donors (Lipinski definition) is 0. The van der Waals surface area contributed by atoms with Crippen LogP contribution in [0.25, 0.3) is 0 Å². The third kappa shape index (κ3) is 6.24. The number of hydrogen-bond acceptors (Lipinski definition) is 5. The Hall–Kier alpha value is -2.24. The number of benzene rings is 1. The van der Waals surface area contributed by atoms with Gasteiger partial charge in [-0.1, -0.05) is 12.1 Å². The standard InChI is InChI=1S/C20H29NO5/c1-14-6-7-15(2)17(12-14)24-13-18(22)25-16-8-10-21(11-9-16)19(23)26-20(3,4)5/h6-7,12,16H,8-11,13H2,1-5H3. The Morgan fingerprint density at radius 2 is 1.81 bits per heavy atom. The largest absolute Gasteiger partial charge is 0.482 e. The zero-order chi connectivity index (χ0) is 19.3. The average Bonchev–Trinajstić information content (AvgIpc) is 2.55. The van der Waals surface area contributed by atoms with Crippen LogP contribution in [0.5, 0.6) is 5.75 Å². The molecule has 1 fully saturated rings. The van der Waals surface area contributed by atoms with Crippen LogP contribution in [0.3, 0.4) is 0 Å². The number of rotatable bonds is 4. The molecule has 1 amide bonds. The van der Waals surface area contributed by atoms with Crippen molar-refractivity contribution in [3.05, 3.63) is 29.3 Å². The molecular weight excluding hydrogens is 334 g/mol. The highest BCUT2D eigenvalue weighted by atomic mass is 16.6. The lowest BCUT2D eigenvalue weighted by Crippen LogP contribution is -2.44. The molecule has 0 bridgehead atoms. The minimum atomic E-state index is -0.508. The first-order valence-corrected chi connectivity index (χ1v) is 9.01.